The number of rotatable bonds is 4. The van der Waals surface area contributed by atoms with Crippen molar-refractivity contribution in [2.75, 3.05) is 0 Å². The smallest absolute Gasteiger partial charge is 0.133 e. The van der Waals surface area contributed by atoms with Gasteiger partial charge in [-0.1, -0.05) is 17.3 Å². The molecular weight excluding hydrogens is 214 g/mol. The Morgan fingerprint density at radius 2 is 2.06 bits per heavy atom. The SMILES string of the molecule is Cc1cc(CNCc2ccc(C#N)cc2)no1. The van der Waals surface area contributed by atoms with Gasteiger partial charge in [0.15, 0.2) is 0 Å². The van der Waals surface area contributed by atoms with E-state index in [0.717, 1.165) is 23.6 Å². The first-order valence-corrected chi connectivity index (χ1v) is 5.40. The molecule has 4 nitrogen and oxygen atoms in total. The van der Waals surface area contributed by atoms with Crippen molar-refractivity contribution in [3.8, 4) is 6.07 Å². The first kappa shape index (κ1) is 11.4. The number of hydrogen-bond acceptors (Lipinski definition) is 4. The van der Waals surface area contributed by atoms with E-state index >= 15 is 0 Å². The van der Waals surface area contributed by atoms with E-state index in [2.05, 4.69) is 16.5 Å². The van der Waals surface area contributed by atoms with Crippen LogP contribution in [-0.4, -0.2) is 5.16 Å². The Hall–Kier alpha value is -2.12. The van der Waals surface area contributed by atoms with E-state index in [9.17, 15) is 0 Å². The molecule has 1 heterocycles. The second-order valence-corrected chi connectivity index (χ2v) is 3.84. The summed E-state index contributed by atoms with van der Waals surface area (Å²) < 4.78 is 4.97. The van der Waals surface area contributed by atoms with Gasteiger partial charge in [0.1, 0.15) is 5.76 Å². The summed E-state index contributed by atoms with van der Waals surface area (Å²) in [7, 11) is 0. The summed E-state index contributed by atoms with van der Waals surface area (Å²) in [5, 5.41) is 15.8. The third-order valence-corrected chi connectivity index (χ3v) is 2.40. The van der Waals surface area contributed by atoms with Gasteiger partial charge in [-0.25, -0.2) is 0 Å². The molecule has 2 aromatic rings. The van der Waals surface area contributed by atoms with Crippen molar-refractivity contribution in [3.05, 3.63) is 52.9 Å². The van der Waals surface area contributed by atoms with Gasteiger partial charge in [-0.3, -0.25) is 0 Å². The van der Waals surface area contributed by atoms with E-state index in [0.29, 0.717) is 12.1 Å². The summed E-state index contributed by atoms with van der Waals surface area (Å²) in [6.07, 6.45) is 0. The predicted molar refractivity (Wildman–Crippen MR) is 62.9 cm³/mol. The highest BCUT2D eigenvalue weighted by Crippen LogP contribution is 2.04. The molecule has 0 spiro atoms. The molecule has 0 aliphatic carbocycles. The quantitative estimate of drug-likeness (QED) is 0.869. The molecule has 0 aliphatic heterocycles. The Kier molecular flexibility index (Phi) is 3.53. The monoisotopic (exact) mass is 227 g/mol. The molecule has 1 N–H and O–H groups in total. The molecule has 0 unspecified atom stereocenters. The van der Waals surface area contributed by atoms with Crippen LogP contribution in [0.3, 0.4) is 0 Å². The molecule has 0 radical (unpaired) electrons. The fourth-order valence-electron chi connectivity index (χ4n) is 1.53. The maximum atomic E-state index is 8.67. The third kappa shape index (κ3) is 3.16. The standard InChI is InChI=1S/C13H13N3O/c1-10-6-13(16-17-10)9-15-8-12-4-2-11(7-14)3-5-12/h2-6,15H,8-9H2,1H3. The fraction of sp³-hybridized carbons (Fsp3) is 0.231. The number of benzene rings is 1. The molecule has 4 heteroatoms. The number of nitrogens with one attached hydrogen (secondary N) is 1. The summed E-state index contributed by atoms with van der Waals surface area (Å²) in [6.45, 7) is 3.30. The zero-order valence-electron chi connectivity index (χ0n) is 9.60. The first-order chi connectivity index (χ1) is 8.28. The largest absolute Gasteiger partial charge is 0.361 e. The van der Waals surface area contributed by atoms with Crippen molar-refractivity contribution in [2.24, 2.45) is 0 Å². The number of aromatic nitrogens is 1. The van der Waals surface area contributed by atoms with Crippen molar-refractivity contribution in [2.45, 2.75) is 20.0 Å². The van der Waals surface area contributed by atoms with Crippen molar-refractivity contribution in [1.82, 2.24) is 10.5 Å². The molecule has 0 saturated carbocycles. The van der Waals surface area contributed by atoms with Gasteiger partial charge in [-0.15, -0.1) is 0 Å². The highest BCUT2D eigenvalue weighted by atomic mass is 16.5. The molecule has 1 aromatic heterocycles. The topological polar surface area (TPSA) is 61.9 Å². The van der Waals surface area contributed by atoms with Crippen LogP contribution in [0.4, 0.5) is 0 Å². The highest BCUT2D eigenvalue weighted by molar-refractivity contribution is 5.31. The summed E-state index contributed by atoms with van der Waals surface area (Å²) in [5.74, 6) is 0.820. The van der Waals surface area contributed by atoms with Crippen molar-refractivity contribution in [1.29, 1.82) is 5.26 Å². The van der Waals surface area contributed by atoms with E-state index in [1.807, 2.05) is 37.3 Å². The van der Waals surface area contributed by atoms with E-state index in [4.69, 9.17) is 9.78 Å². The second-order valence-electron chi connectivity index (χ2n) is 3.84. The average Bonchev–Trinajstić information content (AvgIpc) is 2.76. The van der Waals surface area contributed by atoms with E-state index in [1.165, 1.54) is 0 Å². The van der Waals surface area contributed by atoms with Crippen LogP contribution >= 0.6 is 0 Å². The van der Waals surface area contributed by atoms with Crippen molar-refractivity contribution in [3.63, 3.8) is 0 Å². The first-order valence-electron chi connectivity index (χ1n) is 5.40. The number of hydrogen-bond donors (Lipinski definition) is 1. The van der Waals surface area contributed by atoms with Gasteiger partial charge in [0, 0.05) is 19.2 Å². The molecular formula is C13H13N3O. The highest BCUT2D eigenvalue weighted by Gasteiger charge is 1.99. The van der Waals surface area contributed by atoms with Crippen LogP contribution < -0.4 is 5.32 Å². The minimum atomic E-state index is 0.678. The van der Waals surface area contributed by atoms with Gasteiger partial charge in [-0.2, -0.15) is 5.26 Å². The van der Waals surface area contributed by atoms with Crippen molar-refractivity contribution >= 4 is 0 Å². The average molecular weight is 227 g/mol. The van der Waals surface area contributed by atoms with Gasteiger partial charge < -0.3 is 9.84 Å². The van der Waals surface area contributed by atoms with Gasteiger partial charge in [0.25, 0.3) is 0 Å². The lowest BCUT2D eigenvalue weighted by Crippen LogP contribution is -2.12. The summed E-state index contributed by atoms with van der Waals surface area (Å²) in [6, 6.07) is 11.5. The Balaban J connectivity index is 1.84. The van der Waals surface area contributed by atoms with Crippen LogP contribution in [0.1, 0.15) is 22.6 Å². The van der Waals surface area contributed by atoms with Crippen LogP contribution in [0, 0.1) is 18.3 Å². The number of nitrogens with zero attached hydrogens (tertiary/aromatic N) is 2. The maximum absolute atomic E-state index is 8.67. The Labute approximate surface area is 99.9 Å². The molecule has 1 aromatic carbocycles. The lowest BCUT2D eigenvalue weighted by Gasteiger charge is -2.02. The molecule has 0 aliphatic rings. The molecule has 0 saturated heterocycles. The minimum Gasteiger partial charge on any atom is -0.361 e. The van der Waals surface area contributed by atoms with Crippen molar-refractivity contribution < 1.29 is 4.52 Å². The van der Waals surface area contributed by atoms with Gasteiger partial charge in [0.2, 0.25) is 0 Å². The fourth-order valence-corrected chi connectivity index (χ4v) is 1.53. The van der Waals surface area contributed by atoms with Crippen LogP contribution in [0.25, 0.3) is 0 Å². The van der Waals surface area contributed by atoms with Gasteiger partial charge in [0.05, 0.1) is 17.3 Å². The molecule has 86 valence electrons. The molecule has 17 heavy (non-hydrogen) atoms. The van der Waals surface area contributed by atoms with E-state index in [-0.39, 0.29) is 0 Å². The van der Waals surface area contributed by atoms with Crippen LogP contribution in [0.2, 0.25) is 0 Å². The second kappa shape index (κ2) is 5.28. The van der Waals surface area contributed by atoms with E-state index < -0.39 is 0 Å². The minimum absolute atomic E-state index is 0.678. The summed E-state index contributed by atoms with van der Waals surface area (Å²) >= 11 is 0. The van der Waals surface area contributed by atoms with E-state index in [1.54, 1.807) is 0 Å². The molecule has 0 amide bonds. The number of aryl methyl sites for hydroxylation is 1. The molecule has 0 fully saturated rings. The van der Waals surface area contributed by atoms with Crippen LogP contribution in [-0.2, 0) is 13.1 Å². The Bertz CT molecular complexity index is 522. The Morgan fingerprint density at radius 3 is 2.65 bits per heavy atom. The lowest BCUT2D eigenvalue weighted by atomic mass is 10.1. The molecule has 0 bridgehead atoms. The zero-order valence-corrected chi connectivity index (χ0v) is 9.60. The Morgan fingerprint density at radius 1 is 1.29 bits per heavy atom. The van der Waals surface area contributed by atoms with Gasteiger partial charge >= 0.3 is 0 Å². The molecule has 0 atom stereocenters. The predicted octanol–water partition coefficient (Wildman–Crippen LogP) is 2.14. The summed E-state index contributed by atoms with van der Waals surface area (Å²) in [4.78, 5) is 0. The third-order valence-electron chi connectivity index (χ3n) is 2.40. The normalized spacial score (nSPS) is 10.1. The van der Waals surface area contributed by atoms with Gasteiger partial charge in [-0.05, 0) is 24.6 Å². The number of nitriles is 1. The summed E-state index contributed by atoms with van der Waals surface area (Å²) in [5.41, 5.74) is 2.72. The lowest BCUT2D eigenvalue weighted by molar-refractivity contribution is 0.388. The maximum Gasteiger partial charge on any atom is 0.133 e. The van der Waals surface area contributed by atoms with Crippen LogP contribution in [0.5, 0.6) is 0 Å². The molecule has 2 rings (SSSR count). The van der Waals surface area contributed by atoms with Crippen LogP contribution in [0.15, 0.2) is 34.9 Å². The zero-order chi connectivity index (χ0) is 12.1.